The van der Waals surface area contributed by atoms with Gasteiger partial charge >= 0.3 is 17.5 Å². The molecule has 2 aromatic carbocycles. The summed E-state index contributed by atoms with van der Waals surface area (Å²) in [6.07, 6.45) is 1.31. The van der Waals surface area contributed by atoms with E-state index in [4.69, 9.17) is 21.1 Å². The van der Waals surface area contributed by atoms with E-state index >= 15 is 0 Å². The number of hydrogen-bond acceptors (Lipinski definition) is 9. The first-order chi connectivity index (χ1) is 21.3. The molecule has 0 radical (unpaired) electrons. The molecular weight excluding hydrogens is 623 g/mol. The van der Waals surface area contributed by atoms with E-state index in [1.807, 2.05) is 0 Å². The first-order valence-electron chi connectivity index (χ1n) is 13.2. The number of halogens is 4. The lowest BCUT2D eigenvalue weighted by atomic mass is 10.2. The minimum atomic E-state index is -1.44. The van der Waals surface area contributed by atoms with E-state index in [9.17, 15) is 27.6 Å². The maximum atomic E-state index is 14.9. The van der Waals surface area contributed by atoms with E-state index in [1.165, 1.54) is 27.8 Å². The summed E-state index contributed by atoms with van der Waals surface area (Å²) in [5.41, 5.74) is -2.42. The van der Waals surface area contributed by atoms with Gasteiger partial charge in [0.15, 0.2) is 24.2 Å². The van der Waals surface area contributed by atoms with Crippen LogP contribution >= 0.6 is 11.6 Å². The van der Waals surface area contributed by atoms with Gasteiger partial charge in [0.1, 0.15) is 12.1 Å². The Morgan fingerprint density at radius 2 is 1.64 bits per heavy atom. The normalized spacial score (nSPS) is 12.0. The number of carbonyl (C=O) groups excluding carboxylic acids is 1. The van der Waals surface area contributed by atoms with Crippen LogP contribution in [0.2, 0.25) is 5.02 Å². The molecule has 3 heterocycles. The van der Waals surface area contributed by atoms with Gasteiger partial charge in [-0.05, 0) is 32.0 Å². The predicted molar refractivity (Wildman–Crippen MR) is 152 cm³/mol. The van der Waals surface area contributed by atoms with E-state index < -0.39 is 72.1 Å². The van der Waals surface area contributed by atoms with Gasteiger partial charge in [0.25, 0.3) is 0 Å². The van der Waals surface area contributed by atoms with Gasteiger partial charge in [-0.15, -0.1) is 0 Å². The minimum absolute atomic E-state index is 0.0538. The maximum absolute atomic E-state index is 14.9. The molecule has 0 fully saturated rings. The highest BCUT2D eigenvalue weighted by Crippen LogP contribution is 2.29. The molecule has 0 saturated carbocycles. The van der Waals surface area contributed by atoms with E-state index in [2.05, 4.69) is 20.2 Å². The fourth-order valence-electron chi connectivity index (χ4n) is 4.35. The number of aromatic nitrogens is 8. The van der Waals surface area contributed by atoms with Crippen LogP contribution in [-0.4, -0.2) is 50.5 Å². The first kappa shape index (κ1) is 31.2. The Labute approximate surface area is 256 Å². The van der Waals surface area contributed by atoms with E-state index in [1.54, 1.807) is 34.1 Å². The Balaban J connectivity index is 1.81. The lowest BCUT2D eigenvalue weighted by molar-refractivity contribution is 0.0129. The van der Waals surface area contributed by atoms with Crippen LogP contribution in [0.4, 0.5) is 23.7 Å². The molecular formula is C27H25ClF3N9O5. The molecule has 5 aromatic rings. The molecule has 3 aromatic heterocycles. The molecule has 0 aliphatic rings. The van der Waals surface area contributed by atoms with Gasteiger partial charge in [-0.2, -0.15) is 10.2 Å². The van der Waals surface area contributed by atoms with Gasteiger partial charge < -0.3 is 9.47 Å². The fourth-order valence-corrected chi connectivity index (χ4v) is 4.55. The molecule has 236 valence electrons. The summed E-state index contributed by atoms with van der Waals surface area (Å²) in [5, 5.41) is 9.02. The predicted octanol–water partition coefficient (Wildman–Crippen LogP) is 2.75. The number of carbonyl (C=O) groups is 1. The van der Waals surface area contributed by atoms with Gasteiger partial charge in [-0.25, -0.2) is 46.7 Å². The summed E-state index contributed by atoms with van der Waals surface area (Å²) in [7, 11) is 3.26. The number of nitrogens with zero attached hydrogens (tertiary/aromatic N) is 9. The molecule has 0 unspecified atom stereocenters. The van der Waals surface area contributed by atoms with Crippen molar-refractivity contribution in [2.24, 2.45) is 19.1 Å². The zero-order valence-corrected chi connectivity index (χ0v) is 25.0. The second-order valence-electron chi connectivity index (χ2n) is 10.1. The number of hydrogen-bond donors (Lipinski definition) is 0. The van der Waals surface area contributed by atoms with Gasteiger partial charge in [-0.1, -0.05) is 11.6 Å². The van der Waals surface area contributed by atoms with Crippen molar-refractivity contribution < 1.29 is 27.4 Å². The number of fused-ring (bicyclic) bond motifs is 1. The van der Waals surface area contributed by atoms with E-state index in [-0.39, 0.29) is 16.5 Å². The lowest BCUT2D eigenvalue weighted by Crippen LogP contribution is -2.55. The highest BCUT2D eigenvalue weighted by atomic mass is 35.5. The lowest BCUT2D eigenvalue weighted by Gasteiger charge is -2.17. The van der Waals surface area contributed by atoms with Crippen molar-refractivity contribution >= 4 is 34.3 Å². The third-order valence-corrected chi connectivity index (χ3v) is 6.62. The number of rotatable bonds is 8. The highest BCUT2D eigenvalue weighted by Gasteiger charge is 2.21. The Bertz CT molecular complexity index is 2130. The van der Waals surface area contributed by atoms with Gasteiger partial charge in [0, 0.05) is 37.3 Å². The average Bonchev–Trinajstić information content (AvgIpc) is 3.54. The van der Waals surface area contributed by atoms with Crippen molar-refractivity contribution in [3.63, 3.8) is 0 Å². The fraction of sp³-hybridized carbons (Fsp3) is 0.296. The van der Waals surface area contributed by atoms with Crippen LogP contribution < -0.4 is 17.0 Å². The Kier molecular flexibility index (Phi) is 8.63. The zero-order chi connectivity index (χ0) is 32.6. The largest absolute Gasteiger partial charge is 0.510 e. The van der Waals surface area contributed by atoms with Crippen LogP contribution in [-0.2, 0) is 43.4 Å². The third kappa shape index (κ3) is 6.67. The standard InChI is InChI=1S/C27H25ClF3N9O5/c1-14(2)45-27(43)44-13-40-24(33-22-6-16-9-36(3)34-21(16)7-17(22)28)38(10-15-5-19(30)20(31)8-18(15)29)25(41)39(26(40)42)11-23-32-12-37(4)35-23/h5-9,12,14H,10-11,13H2,1-4H3. The second kappa shape index (κ2) is 12.4. The average molecular weight is 648 g/mol. The van der Waals surface area contributed by atoms with Crippen molar-refractivity contribution in [3.8, 4) is 0 Å². The van der Waals surface area contributed by atoms with Crippen molar-refractivity contribution in [1.29, 1.82) is 0 Å². The van der Waals surface area contributed by atoms with Crippen LogP contribution in [0.3, 0.4) is 0 Å². The molecule has 0 saturated heterocycles. The van der Waals surface area contributed by atoms with Gasteiger partial charge in [0.05, 0.1) is 35.4 Å². The van der Waals surface area contributed by atoms with Crippen LogP contribution in [0.1, 0.15) is 25.2 Å². The second-order valence-corrected chi connectivity index (χ2v) is 10.5. The summed E-state index contributed by atoms with van der Waals surface area (Å²) < 4.78 is 58.2. The number of aryl methyl sites for hydroxylation is 2. The van der Waals surface area contributed by atoms with Crippen molar-refractivity contribution in [1.82, 2.24) is 38.2 Å². The van der Waals surface area contributed by atoms with Crippen molar-refractivity contribution in [2.75, 3.05) is 0 Å². The molecule has 0 aliphatic heterocycles. The zero-order valence-electron chi connectivity index (χ0n) is 24.2. The third-order valence-electron chi connectivity index (χ3n) is 6.32. The molecule has 0 bridgehead atoms. The summed E-state index contributed by atoms with van der Waals surface area (Å²) in [5.74, 6) is -3.93. The van der Waals surface area contributed by atoms with E-state index in [0.29, 0.717) is 27.6 Å². The topological polar surface area (TPSA) is 145 Å². The van der Waals surface area contributed by atoms with Crippen LogP contribution in [0.5, 0.6) is 0 Å². The summed E-state index contributed by atoms with van der Waals surface area (Å²) in [4.78, 5) is 48.6. The Morgan fingerprint density at radius 1 is 0.933 bits per heavy atom. The molecule has 5 rings (SSSR count). The highest BCUT2D eigenvalue weighted by molar-refractivity contribution is 6.33. The Morgan fingerprint density at radius 3 is 2.33 bits per heavy atom. The van der Waals surface area contributed by atoms with Crippen molar-refractivity contribution in [3.05, 3.63) is 97.2 Å². The molecule has 0 N–H and O–H groups in total. The maximum Gasteiger partial charge on any atom is 0.510 e. The van der Waals surface area contributed by atoms with Crippen LogP contribution in [0.15, 0.2) is 51.4 Å². The summed E-state index contributed by atoms with van der Waals surface area (Å²) in [6.45, 7) is 1.13. The molecule has 0 aliphatic carbocycles. The van der Waals surface area contributed by atoms with Gasteiger partial charge in [0.2, 0.25) is 5.62 Å². The minimum Gasteiger partial charge on any atom is -0.432 e. The van der Waals surface area contributed by atoms with Crippen LogP contribution in [0.25, 0.3) is 10.9 Å². The summed E-state index contributed by atoms with van der Waals surface area (Å²) >= 11 is 6.50. The SMILES string of the molecule is CC(C)OC(=O)OCn1c(=O)n(Cc2ncn(C)n2)c(=O)n(Cc2cc(F)c(F)cc2F)c1=Nc1cc2cn(C)nc2cc1Cl. The Hall–Kier alpha value is -5.19. The number of benzene rings is 2. The molecule has 0 spiro atoms. The van der Waals surface area contributed by atoms with Gasteiger partial charge in [-0.3, -0.25) is 13.9 Å². The van der Waals surface area contributed by atoms with Crippen molar-refractivity contribution in [2.45, 2.75) is 39.8 Å². The molecule has 18 heteroatoms. The summed E-state index contributed by atoms with van der Waals surface area (Å²) in [6, 6.07) is 3.93. The monoisotopic (exact) mass is 647 g/mol. The first-order valence-corrected chi connectivity index (χ1v) is 13.6. The van der Waals surface area contributed by atoms with E-state index in [0.717, 1.165) is 9.13 Å². The molecule has 0 atom stereocenters. The molecule has 0 amide bonds. The molecule has 14 nitrogen and oxygen atoms in total. The number of ether oxygens (including phenoxy) is 2. The van der Waals surface area contributed by atoms with Crippen LogP contribution in [0, 0.1) is 17.5 Å². The molecule has 45 heavy (non-hydrogen) atoms. The quantitative estimate of drug-likeness (QED) is 0.185. The smallest absolute Gasteiger partial charge is 0.432 e.